The van der Waals surface area contributed by atoms with E-state index >= 15 is 0 Å². The maximum atomic E-state index is 12.7. The molecule has 0 saturated heterocycles. The Morgan fingerprint density at radius 2 is 1.92 bits per heavy atom. The van der Waals surface area contributed by atoms with Crippen LogP contribution in [0.3, 0.4) is 0 Å². The SMILES string of the molecule is C[C@H]1C=CC(NC(=O)Cc2ccccc2)=CC(c2ccc3[nH]nc(-c4cc5ncccc5[nH]4)c3c2)=C1. The molecule has 0 saturated carbocycles. The predicted molar refractivity (Wildman–Crippen MR) is 144 cm³/mol. The van der Waals surface area contributed by atoms with Gasteiger partial charge in [-0.15, -0.1) is 0 Å². The van der Waals surface area contributed by atoms with Crippen molar-refractivity contribution in [3.63, 3.8) is 0 Å². The number of allylic oxidation sites excluding steroid dienone is 5. The molecule has 0 unspecified atom stereocenters. The third-order valence-corrected chi connectivity index (χ3v) is 6.36. The number of carbonyl (C=O) groups excluding carboxylic acids is 1. The van der Waals surface area contributed by atoms with Crippen molar-refractivity contribution in [3.05, 3.63) is 114 Å². The van der Waals surface area contributed by atoms with Crippen LogP contribution in [0.1, 0.15) is 18.1 Å². The topological polar surface area (TPSA) is 86.5 Å². The summed E-state index contributed by atoms with van der Waals surface area (Å²) < 4.78 is 0. The molecule has 1 aliphatic carbocycles. The van der Waals surface area contributed by atoms with Gasteiger partial charge in [0.15, 0.2) is 0 Å². The smallest absolute Gasteiger partial charge is 0.228 e. The van der Waals surface area contributed by atoms with Gasteiger partial charge in [0.25, 0.3) is 0 Å². The molecule has 3 N–H and O–H groups in total. The van der Waals surface area contributed by atoms with E-state index in [4.69, 9.17) is 0 Å². The molecule has 2 aromatic carbocycles. The third kappa shape index (κ3) is 4.36. The molecule has 0 aliphatic heterocycles. The molecule has 0 spiro atoms. The van der Waals surface area contributed by atoms with Crippen LogP contribution in [0.15, 0.2) is 103 Å². The molecule has 6 heteroatoms. The normalized spacial score (nSPS) is 15.5. The molecule has 3 heterocycles. The largest absolute Gasteiger partial charge is 0.352 e. The van der Waals surface area contributed by atoms with Gasteiger partial charge < -0.3 is 10.3 Å². The fraction of sp³-hybridized carbons (Fsp3) is 0.100. The summed E-state index contributed by atoms with van der Waals surface area (Å²) in [5.41, 5.74) is 8.49. The van der Waals surface area contributed by atoms with Crippen LogP contribution in [0.25, 0.3) is 38.9 Å². The summed E-state index contributed by atoms with van der Waals surface area (Å²) >= 11 is 0. The van der Waals surface area contributed by atoms with Crippen LogP contribution in [-0.4, -0.2) is 26.1 Å². The Morgan fingerprint density at radius 1 is 1.03 bits per heavy atom. The zero-order valence-electron chi connectivity index (χ0n) is 19.8. The average molecular weight is 472 g/mol. The molecule has 1 aliphatic rings. The van der Waals surface area contributed by atoms with E-state index in [0.717, 1.165) is 55.7 Å². The minimum absolute atomic E-state index is 0.0361. The van der Waals surface area contributed by atoms with Crippen molar-refractivity contribution in [2.75, 3.05) is 0 Å². The summed E-state index contributed by atoms with van der Waals surface area (Å²) in [5.74, 6) is 0.185. The number of H-pyrrole nitrogens is 2. The summed E-state index contributed by atoms with van der Waals surface area (Å²) in [7, 11) is 0. The van der Waals surface area contributed by atoms with Crippen molar-refractivity contribution < 1.29 is 4.79 Å². The molecule has 0 radical (unpaired) electrons. The van der Waals surface area contributed by atoms with Gasteiger partial charge in [-0.1, -0.05) is 55.5 Å². The Morgan fingerprint density at radius 3 is 2.78 bits per heavy atom. The van der Waals surface area contributed by atoms with Crippen molar-refractivity contribution in [1.29, 1.82) is 0 Å². The fourth-order valence-corrected chi connectivity index (χ4v) is 4.58. The summed E-state index contributed by atoms with van der Waals surface area (Å²) in [4.78, 5) is 20.6. The number of aromatic nitrogens is 4. The fourth-order valence-electron chi connectivity index (χ4n) is 4.58. The van der Waals surface area contributed by atoms with Crippen LogP contribution in [0.5, 0.6) is 0 Å². The van der Waals surface area contributed by atoms with Crippen LogP contribution < -0.4 is 5.32 Å². The molecular weight excluding hydrogens is 446 g/mol. The van der Waals surface area contributed by atoms with E-state index in [1.54, 1.807) is 6.20 Å². The first-order valence-electron chi connectivity index (χ1n) is 12.0. The van der Waals surface area contributed by atoms with E-state index in [2.05, 4.69) is 56.7 Å². The van der Waals surface area contributed by atoms with E-state index in [1.165, 1.54) is 0 Å². The molecule has 36 heavy (non-hydrogen) atoms. The van der Waals surface area contributed by atoms with Crippen molar-refractivity contribution in [2.45, 2.75) is 13.3 Å². The van der Waals surface area contributed by atoms with E-state index in [1.807, 2.05) is 66.7 Å². The number of hydrogen-bond donors (Lipinski definition) is 3. The number of nitrogens with zero attached hydrogens (tertiary/aromatic N) is 2. The molecule has 0 fully saturated rings. The minimum atomic E-state index is -0.0361. The minimum Gasteiger partial charge on any atom is -0.352 e. The Balaban J connectivity index is 1.32. The van der Waals surface area contributed by atoms with Gasteiger partial charge in [0.05, 0.1) is 28.7 Å². The van der Waals surface area contributed by atoms with Crippen LogP contribution in [0.4, 0.5) is 0 Å². The van der Waals surface area contributed by atoms with Crippen molar-refractivity contribution in [1.82, 2.24) is 25.5 Å². The molecule has 1 atom stereocenters. The summed E-state index contributed by atoms with van der Waals surface area (Å²) in [6, 6.07) is 22.0. The van der Waals surface area contributed by atoms with Gasteiger partial charge in [-0.05, 0) is 65.1 Å². The van der Waals surface area contributed by atoms with Gasteiger partial charge >= 0.3 is 0 Å². The van der Waals surface area contributed by atoms with Crippen molar-refractivity contribution in [2.24, 2.45) is 5.92 Å². The number of benzene rings is 2. The lowest BCUT2D eigenvalue weighted by molar-refractivity contribution is -0.119. The zero-order chi connectivity index (χ0) is 24.5. The highest BCUT2D eigenvalue weighted by molar-refractivity contribution is 5.97. The quantitative estimate of drug-likeness (QED) is 0.297. The van der Waals surface area contributed by atoms with E-state index < -0.39 is 0 Å². The Kier molecular flexibility index (Phi) is 5.54. The summed E-state index contributed by atoms with van der Waals surface area (Å²) in [6.45, 7) is 2.14. The summed E-state index contributed by atoms with van der Waals surface area (Å²) in [6.07, 6.45) is 10.5. The predicted octanol–water partition coefficient (Wildman–Crippen LogP) is 5.94. The second-order valence-electron chi connectivity index (χ2n) is 9.10. The highest BCUT2D eigenvalue weighted by Crippen LogP contribution is 2.31. The van der Waals surface area contributed by atoms with Gasteiger partial charge in [0, 0.05) is 17.3 Å². The zero-order valence-corrected chi connectivity index (χ0v) is 19.8. The second kappa shape index (κ2) is 9.15. The van der Waals surface area contributed by atoms with Crippen LogP contribution in [-0.2, 0) is 11.2 Å². The molecule has 6 rings (SSSR count). The van der Waals surface area contributed by atoms with E-state index in [0.29, 0.717) is 6.42 Å². The van der Waals surface area contributed by atoms with E-state index in [9.17, 15) is 4.79 Å². The van der Waals surface area contributed by atoms with Gasteiger partial charge in [-0.2, -0.15) is 5.10 Å². The lowest BCUT2D eigenvalue weighted by Crippen LogP contribution is -2.23. The number of fused-ring (bicyclic) bond motifs is 2. The van der Waals surface area contributed by atoms with Crippen LogP contribution in [0.2, 0.25) is 0 Å². The number of rotatable bonds is 5. The maximum absolute atomic E-state index is 12.7. The lowest BCUT2D eigenvalue weighted by atomic mass is 9.99. The average Bonchev–Trinajstić information content (AvgIpc) is 3.46. The van der Waals surface area contributed by atoms with Crippen molar-refractivity contribution >= 4 is 33.4 Å². The van der Waals surface area contributed by atoms with Gasteiger partial charge in [0.1, 0.15) is 5.69 Å². The van der Waals surface area contributed by atoms with Gasteiger partial charge in [0.2, 0.25) is 5.91 Å². The molecular formula is C30H25N5O. The number of aromatic amines is 2. The number of carbonyl (C=O) groups is 1. The highest BCUT2D eigenvalue weighted by atomic mass is 16.1. The van der Waals surface area contributed by atoms with Crippen molar-refractivity contribution in [3.8, 4) is 11.4 Å². The number of pyridine rings is 1. The first-order chi connectivity index (χ1) is 17.6. The van der Waals surface area contributed by atoms with Gasteiger partial charge in [-0.3, -0.25) is 14.9 Å². The molecule has 0 bridgehead atoms. The summed E-state index contributed by atoms with van der Waals surface area (Å²) in [5, 5.41) is 11.8. The van der Waals surface area contributed by atoms with E-state index in [-0.39, 0.29) is 11.8 Å². The third-order valence-electron chi connectivity index (χ3n) is 6.36. The second-order valence-corrected chi connectivity index (χ2v) is 9.10. The monoisotopic (exact) mass is 471 g/mol. The molecule has 3 aromatic heterocycles. The Bertz CT molecular complexity index is 1640. The van der Waals surface area contributed by atoms with Gasteiger partial charge in [-0.25, -0.2) is 0 Å². The molecule has 176 valence electrons. The number of nitrogens with one attached hydrogen (secondary N) is 3. The lowest BCUT2D eigenvalue weighted by Gasteiger charge is -2.08. The van der Waals surface area contributed by atoms with Crippen LogP contribution >= 0.6 is 0 Å². The molecule has 6 nitrogen and oxygen atoms in total. The molecule has 5 aromatic rings. The number of amides is 1. The molecule has 1 amide bonds. The first-order valence-corrected chi connectivity index (χ1v) is 12.0. The van der Waals surface area contributed by atoms with Crippen LogP contribution in [0, 0.1) is 5.92 Å². The maximum Gasteiger partial charge on any atom is 0.228 e. The number of hydrogen-bond acceptors (Lipinski definition) is 3. The standard InChI is InChI=1S/C30H25N5O/c1-19-9-11-23(32-29(36)15-20-6-3-2-4-7-20)16-22(14-19)21-10-12-25-24(17-21)30(35-34-25)28-18-27-26(33-28)8-5-13-31-27/h2-14,16-19,33H,15H2,1H3,(H,32,36)(H,34,35)/t19-/m0/s1. The Hall–Kier alpha value is -4.71. The Labute approximate surface area is 208 Å². The highest BCUT2D eigenvalue weighted by Gasteiger charge is 2.15. The first kappa shape index (κ1) is 21.8.